The molecule has 0 atom stereocenters. The molecule has 6 aromatic carbocycles. The molecule has 0 heteroatoms. The summed E-state index contributed by atoms with van der Waals surface area (Å²) in [4.78, 5) is 0. The SMILES string of the molecule is CC(C)(C)c1cc(C(C)(C)C)c(-c2c(-c3c(C(C)(C)C)cc(C(C)(C)C)cc3C(C)(C)C)c(-c3c(C(C)(C)C)cc(C(C)(C)C)cc3C(C)(C)C)c3c(c2-c2c(C(C)(C)C)cc(C(C)(C)C)cc2C(C)(C)C)=c2ccccc2=3)c(C(C)(C)C)c1. The van der Waals surface area contributed by atoms with Gasteiger partial charge >= 0.3 is 0 Å². The Kier molecular flexibility index (Phi) is 16.3. The lowest BCUT2D eigenvalue weighted by molar-refractivity contribution is 0.548. The van der Waals surface area contributed by atoms with Gasteiger partial charge in [0.05, 0.1) is 0 Å². The maximum atomic E-state index is 2.67. The van der Waals surface area contributed by atoms with E-state index in [0.717, 1.165) is 0 Å². The smallest absolute Gasteiger partial charge is 0.000719 e. The lowest BCUT2D eigenvalue weighted by Gasteiger charge is -2.41. The summed E-state index contributed by atoms with van der Waals surface area (Å²) >= 11 is 0. The minimum atomic E-state index is -0.265. The highest BCUT2D eigenvalue weighted by molar-refractivity contribution is 6.08. The Balaban J connectivity index is 2.23. The van der Waals surface area contributed by atoms with Crippen LogP contribution in [0, 0.1) is 20.9 Å². The van der Waals surface area contributed by atoms with Crippen molar-refractivity contribution in [2.24, 2.45) is 0 Å². The van der Waals surface area contributed by atoms with Gasteiger partial charge in [0.15, 0.2) is 0 Å². The predicted octanol–water partition coefficient (Wildman–Crippen LogP) is 24.8. The molecule has 0 nitrogen and oxygen atoms in total. The topological polar surface area (TPSA) is 0 Å². The molecule has 0 bridgehead atoms. The molecule has 0 radical (unpaired) electrons. The van der Waals surface area contributed by atoms with Crippen molar-refractivity contribution in [3.63, 3.8) is 0 Å². The summed E-state index contributed by atoms with van der Waals surface area (Å²) in [5.41, 5.74) is 25.8. The molecule has 84 heavy (non-hydrogen) atoms. The van der Waals surface area contributed by atoms with Crippen LogP contribution >= 0.6 is 0 Å². The van der Waals surface area contributed by atoms with E-state index in [-0.39, 0.29) is 65.0 Å². The molecule has 0 fully saturated rings. The van der Waals surface area contributed by atoms with Gasteiger partial charge in [0.1, 0.15) is 0 Å². The highest BCUT2D eigenvalue weighted by atomic mass is 14.5. The van der Waals surface area contributed by atoms with Crippen molar-refractivity contribution in [2.45, 2.75) is 314 Å². The normalized spacial score (nSPS) is 14.4. The molecule has 0 saturated heterocycles. The van der Waals surface area contributed by atoms with E-state index in [0.29, 0.717) is 0 Å². The predicted molar refractivity (Wildman–Crippen MR) is 374 cm³/mol. The Morgan fingerprint density at radius 2 is 0.310 bits per heavy atom. The van der Waals surface area contributed by atoms with Gasteiger partial charge in [0.25, 0.3) is 0 Å². The van der Waals surface area contributed by atoms with Crippen LogP contribution in [0.1, 0.15) is 316 Å². The van der Waals surface area contributed by atoms with Crippen LogP contribution in [0.25, 0.3) is 44.5 Å². The zero-order valence-electron chi connectivity index (χ0n) is 60.9. The fourth-order valence-corrected chi connectivity index (χ4v) is 13.3. The molecule has 1 aliphatic carbocycles. The molecule has 456 valence electrons. The van der Waals surface area contributed by atoms with Crippen LogP contribution in [0.3, 0.4) is 0 Å². The van der Waals surface area contributed by atoms with Crippen LogP contribution in [0.4, 0.5) is 0 Å². The van der Waals surface area contributed by atoms with E-state index in [1.165, 1.54) is 132 Å². The van der Waals surface area contributed by atoms with Crippen LogP contribution in [0.15, 0.2) is 72.8 Å². The fourth-order valence-electron chi connectivity index (χ4n) is 13.3. The molecular formula is C84H120. The van der Waals surface area contributed by atoms with Crippen LogP contribution in [0.2, 0.25) is 0 Å². The minimum Gasteiger partial charge on any atom is -0.0616 e. The average Bonchev–Trinajstić information content (AvgIpc) is 1.31. The van der Waals surface area contributed by atoms with Gasteiger partial charge in [0.2, 0.25) is 0 Å². The molecule has 0 unspecified atom stereocenters. The second-order valence-corrected chi connectivity index (χ2v) is 38.6. The second-order valence-electron chi connectivity index (χ2n) is 38.6. The summed E-state index contributed by atoms with van der Waals surface area (Å²) in [6, 6.07) is 30.8. The second kappa shape index (κ2) is 20.4. The first-order valence-corrected chi connectivity index (χ1v) is 32.4. The molecule has 0 aliphatic heterocycles. The quantitative estimate of drug-likeness (QED) is 0.165. The molecule has 1 aliphatic rings. The molecular weight excluding hydrogens is 1010 g/mol. The van der Waals surface area contributed by atoms with E-state index in [1.807, 2.05) is 0 Å². The Bertz CT molecular complexity index is 3380. The highest BCUT2D eigenvalue weighted by Crippen LogP contribution is 2.61. The summed E-state index contributed by atoms with van der Waals surface area (Å²) in [5, 5.41) is 5.51. The fraction of sp³-hybridized carbons (Fsp3) is 0.571. The Morgan fingerprint density at radius 3 is 0.440 bits per heavy atom. The maximum absolute atomic E-state index is 2.67. The van der Waals surface area contributed by atoms with Gasteiger partial charge in [-0.2, -0.15) is 0 Å². The van der Waals surface area contributed by atoms with Gasteiger partial charge in [-0.3, -0.25) is 0 Å². The van der Waals surface area contributed by atoms with E-state index in [9.17, 15) is 0 Å². The van der Waals surface area contributed by atoms with Crippen LogP contribution < -0.4 is 0 Å². The van der Waals surface area contributed by atoms with E-state index in [4.69, 9.17) is 0 Å². The van der Waals surface area contributed by atoms with Crippen molar-refractivity contribution in [3.8, 4) is 44.5 Å². The summed E-state index contributed by atoms with van der Waals surface area (Å²) in [5.74, 6) is 0. The van der Waals surface area contributed by atoms with Crippen molar-refractivity contribution in [3.05, 3.63) is 160 Å². The molecule has 0 amide bonds. The molecule has 6 aromatic rings. The van der Waals surface area contributed by atoms with E-state index in [2.05, 4.69) is 322 Å². The van der Waals surface area contributed by atoms with Gasteiger partial charge in [-0.05, 0) is 197 Å². The van der Waals surface area contributed by atoms with Crippen molar-refractivity contribution >= 4 is 0 Å². The van der Waals surface area contributed by atoms with Gasteiger partial charge in [-0.1, -0.05) is 322 Å². The van der Waals surface area contributed by atoms with Gasteiger partial charge in [-0.25, -0.2) is 0 Å². The maximum Gasteiger partial charge on any atom is -0.000719 e. The number of hydrogen-bond acceptors (Lipinski definition) is 0. The highest BCUT2D eigenvalue weighted by Gasteiger charge is 2.43. The minimum absolute atomic E-state index is 0.0837. The zero-order valence-corrected chi connectivity index (χ0v) is 60.9. The van der Waals surface area contributed by atoms with Crippen LogP contribution in [-0.4, -0.2) is 0 Å². The van der Waals surface area contributed by atoms with Crippen molar-refractivity contribution in [2.75, 3.05) is 0 Å². The van der Waals surface area contributed by atoms with Crippen LogP contribution in [-0.2, 0) is 65.0 Å². The lowest BCUT2D eigenvalue weighted by atomic mass is 9.62. The Morgan fingerprint density at radius 1 is 0.167 bits per heavy atom. The van der Waals surface area contributed by atoms with Gasteiger partial charge in [-0.15, -0.1) is 0 Å². The largest absolute Gasteiger partial charge is 0.0616 e. The molecule has 0 aromatic heterocycles. The summed E-state index contributed by atoms with van der Waals surface area (Å²) in [6.45, 7) is 88.9. The number of rotatable bonds is 4. The molecule has 7 rings (SSSR count). The Hall–Kier alpha value is -4.68. The third-order valence-corrected chi connectivity index (χ3v) is 18.4. The van der Waals surface area contributed by atoms with Crippen molar-refractivity contribution in [1.29, 1.82) is 0 Å². The summed E-state index contributed by atoms with van der Waals surface area (Å²) in [6.07, 6.45) is 0. The monoisotopic (exact) mass is 1130 g/mol. The summed E-state index contributed by atoms with van der Waals surface area (Å²) < 4.78 is 0. The molecule has 0 heterocycles. The lowest BCUT2D eigenvalue weighted by Crippen LogP contribution is -2.27. The Labute approximate surface area is 516 Å². The number of fused-ring (bicyclic) bond motifs is 2. The van der Waals surface area contributed by atoms with Crippen LogP contribution in [0.5, 0.6) is 0 Å². The third kappa shape index (κ3) is 12.4. The molecule has 0 spiro atoms. The molecule has 0 saturated carbocycles. The number of benzene rings is 6. The number of hydrogen-bond donors (Lipinski definition) is 0. The first kappa shape index (κ1) is 66.8. The van der Waals surface area contributed by atoms with Crippen molar-refractivity contribution < 1.29 is 0 Å². The van der Waals surface area contributed by atoms with Gasteiger partial charge in [0, 0.05) is 0 Å². The van der Waals surface area contributed by atoms with E-state index >= 15 is 0 Å². The van der Waals surface area contributed by atoms with E-state index < -0.39 is 0 Å². The van der Waals surface area contributed by atoms with Crippen molar-refractivity contribution in [1.82, 2.24) is 0 Å². The standard InChI is InChI=1S/C84H120/c1-73(2,3)49-41-55(77(13,14)15)65(56(42-49)78(16,17)18)69-63-53-39-37-38-40-54(53)64(63)70(66-57(79(19,20)21)43-50(74(4,5)6)44-58(66)80(22,23)24)72(68-61(83(31,32)33)47-52(76(10,11)12)48-62(68)84(34,35)36)71(69)67-59(81(25,26)27)45-51(75(7,8)9)46-60(67)82(28,29)30/h37-48H,1-36H3. The van der Waals surface area contributed by atoms with E-state index in [1.54, 1.807) is 0 Å². The zero-order chi connectivity index (χ0) is 64.3. The first-order valence-electron chi connectivity index (χ1n) is 32.4. The third-order valence-electron chi connectivity index (χ3n) is 18.4. The first-order chi connectivity index (χ1) is 37.3. The van der Waals surface area contributed by atoms with Gasteiger partial charge < -0.3 is 0 Å². The average molecular weight is 1130 g/mol. The summed E-state index contributed by atoms with van der Waals surface area (Å²) in [7, 11) is 0. The molecule has 0 N–H and O–H groups in total.